The maximum atomic E-state index is 5.75. The second-order valence-electron chi connectivity index (χ2n) is 3.77. The maximum absolute atomic E-state index is 5.75. The van der Waals surface area contributed by atoms with Gasteiger partial charge in [-0.1, -0.05) is 0 Å². The summed E-state index contributed by atoms with van der Waals surface area (Å²) in [5.74, 6) is 0. The van der Waals surface area contributed by atoms with Gasteiger partial charge in [-0.3, -0.25) is 4.90 Å². The normalized spacial score (nSPS) is 46.8. The Labute approximate surface area is 62.4 Å². The summed E-state index contributed by atoms with van der Waals surface area (Å²) in [5.41, 5.74) is 6.18. The van der Waals surface area contributed by atoms with Gasteiger partial charge in [0.2, 0.25) is 0 Å². The minimum absolute atomic E-state index is 0.421. The number of rotatable bonds is 1. The van der Waals surface area contributed by atoms with Gasteiger partial charge in [-0.05, 0) is 32.7 Å². The molecule has 2 heterocycles. The quantitative estimate of drug-likeness (QED) is 0.577. The van der Waals surface area contributed by atoms with Crippen LogP contribution in [0.4, 0.5) is 0 Å². The first kappa shape index (κ1) is 6.62. The molecular weight excluding hydrogens is 124 g/mol. The van der Waals surface area contributed by atoms with E-state index < -0.39 is 0 Å². The average Bonchev–Trinajstić information content (AvgIpc) is 2.46. The largest absolute Gasteiger partial charge is 0.329 e. The van der Waals surface area contributed by atoms with Gasteiger partial charge in [-0.2, -0.15) is 0 Å². The average molecular weight is 140 g/mol. The number of nitrogens with two attached hydrogens (primary N) is 1. The van der Waals surface area contributed by atoms with Crippen LogP contribution in [0.3, 0.4) is 0 Å². The lowest BCUT2D eigenvalue weighted by molar-refractivity contribution is 0.202. The van der Waals surface area contributed by atoms with Crippen LogP contribution in [0.15, 0.2) is 0 Å². The van der Waals surface area contributed by atoms with Crippen molar-refractivity contribution in [3.63, 3.8) is 0 Å². The fraction of sp³-hybridized carbons (Fsp3) is 1.00. The molecule has 0 aromatic rings. The molecule has 58 valence electrons. The highest BCUT2D eigenvalue weighted by atomic mass is 15.3. The zero-order chi connectivity index (χ0) is 7.19. The Morgan fingerprint density at radius 2 is 2.10 bits per heavy atom. The molecular formula is C8H16N2. The van der Waals surface area contributed by atoms with Crippen molar-refractivity contribution in [1.82, 2.24) is 4.90 Å². The van der Waals surface area contributed by atoms with E-state index in [2.05, 4.69) is 11.9 Å². The Balaban J connectivity index is 2.22. The van der Waals surface area contributed by atoms with Crippen LogP contribution in [0.25, 0.3) is 0 Å². The van der Waals surface area contributed by atoms with E-state index in [1.54, 1.807) is 0 Å². The first-order valence-electron chi connectivity index (χ1n) is 4.21. The van der Waals surface area contributed by atoms with Gasteiger partial charge >= 0.3 is 0 Å². The SMILES string of the molecule is CN1C2CCC1(CN)CC2. The van der Waals surface area contributed by atoms with Gasteiger partial charge in [0.05, 0.1) is 0 Å². The maximum Gasteiger partial charge on any atom is 0.0332 e. The number of nitrogens with zero attached hydrogens (tertiary/aromatic N) is 1. The molecule has 0 aliphatic carbocycles. The van der Waals surface area contributed by atoms with Crippen LogP contribution >= 0.6 is 0 Å². The lowest BCUT2D eigenvalue weighted by atomic mass is 9.88. The van der Waals surface area contributed by atoms with Crippen LogP contribution in [0.2, 0.25) is 0 Å². The number of hydrogen-bond acceptors (Lipinski definition) is 2. The van der Waals surface area contributed by atoms with Crippen molar-refractivity contribution < 1.29 is 0 Å². The first-order valence-corrected chi connectivity index (χ1v) is 4.21. The van der Waals surface area contributed by atoms with Crippen molar-refractivity contribution in [3.05, 3.63) is 0 Å². The minimum atomic E-state index is 0.421. The molecule has 2 aliphatic rings. The monoisotopic (exact) mass is 140 g/mol. The van der Waals surface area contributed by atoms with Crippen LogP contribution in [0.1, 0.15) is 25.7 Å². The Morgan fingerprint density at radius 1 is 1.50 bits per heavy atom. The van der Waals surface area contributed by atoms with Crippen molar-refractivity contribution in [1.29, 1.82) is 0 Å². The molecule has 2 nitrogen and oxygen atoms in total. The minimum Gasteiger partial charge on any atom is -0.329 e. The van der Waals surface area contributed by atoms with Crippen molar-refractivity contribution in [2.75, 3.05) is 13.6 Å². The van der Waals surface area contributed by atoms with E-state index >= 15 is 0 Å². The second kappa shape index (κ2) is 1.95. The van der Waals surface area contributed by atoms with Gasteiger partial charge in [-0.15, -0.1) is 0 Å². The van der Waals surface area contributed by atoms with E-state index in [-0.39, 0.29) is 0 Å². The van der Waals surface area contributed by atoms with Gasteiger partial charge in [-0.25, -0.2) is 0 Å². The summed E-state index contributed by atoms with van der Waals surface area (Å²) >= 11 is 0. The van der Waals surface area contributed by atoms with E-state index in [1.807, 2.05) is 0 Å². The summed E-state index contributed by atoms with van der Waals surface area (Å²) < 4.78 is 0. The van der Waals surface area contributed by atoms with Crippen molar-refractivity contribution in [2.45, 2.75) is 37.3 Å². The molecule has 0 radical (unpaired) electrons. The molecule has 0 atom stereocenters. The summed E-state index contributed by atoms with van der Waals surface area (Å²) in [4.78, 5) is 2.51. The van der Waals surface area contributed by atoms with Gasteiger partial charge < -0.3 is 5.73 Å². The summed E-state index contributed by atoms with van der Waals surface area (Å²) in [6.07, 6.45) is 5.44. The van der Waals surface area contributed by atoms with E-state index in [1.165, 1.54) is 25.7 Å². The molecule has 0 unspecified atom stereocenters. The molecule has 2 rings (SSSR count). The predicted octanol–water partition coefficient (Wildman–Crippen LogP) is 0.572. The molecule has 2 aliphatic heterocycles. The third kappa shape index (κ3) is 0.611. The molecule has 0 amide bonds. The van der Waals surface area contributed by atoms with Gasteiger partial charge in [0.25, 0.3) is 0 Å². The Hall–Kier alpha value is -0.0800. The standard InChI is InChI=1S/C8H16N2/c1-10-7-2-4-8(10,6-9)5-3-7/h7H,2-6,9H2,1H3. The lowest BCUT2D eigenvalue weighted by Gasteiger charge is -2.30. The third-order valence-corrected chi connectivity index (χ3v) is 3.56. The number of hydrogen-bond donors (Lipinski definition) is 1. The van der Waals surface area contributed by atoms with E-state index in [9.17, 15) is 0 Å². The fourth-order valence-electron chi connectivity index (χ4n) is 2.62. The third-order valence-electron chi connectivity index (χ3n) is 3.56. The highest BCUT2D eigenvalue weighted by Crippen LogP contribution is 2.44. The lowest BCUT2D eigenvalue weighted by Crippen LogP contribution is -2.44. The molecule has 0 saturated carbocycles. The molecule has 2 heteroatoms. The van der Waals surface area contributed by atoms with E-state index in [0.29, 0.717) is 5.54 Å². The van der Waals surface area contributed by atoms with E-state index in [0.717, 1.165) is 12.6 Å². The molecule has 2 bridgehead atoms. The zero-order valence-electron chi connectivity index (χ0n) is 6.64. The van der Waals surface area contributed by atoms with E-state index in [4.69, 9.17) is 5.73 Å². The Kier molecular flexibility index (Phi) is 1.29. The van der Waals surface area contributed by atoms with Gasteiger partial charge in [0, 0.05) is 18.1 Å². The Bertz CT molecular complexity index is 136. The topological polar surface area (TPSA) is 29.3 Å². The summed E-state index contributed by atoms with van der Waals surface area (Å²) in [6, 6.07) is 0.864. The highest BCUT2D eigenvalue weighted by molar-refractivity contribution is 5.05. The van der Waals surface area contributed by atoms with Crippen LogP contribution < -0.4 is 5.73 Å². The molecule has 10 heavy (non-hydrogen) atoms. The fourth-order valence-corrected chi connectivity index (χ4v) is 2.62. The predicted molar refractivity (Wildman–Crippen MR) is 41.8 cm³/mol. The van der Waals surface area contributed by atoms with Crippen molar-refractivity contribution in [2.24, 2.45) is 5.73 Å². The molecule has 2 fully saturated rings. The summed E-state index contributed by atoms with van der Waals surface area (Å²) in [7, 11) is 2.23. The molecule has 0 aromatic heterocycles. The van der Waals surface area contributed by atoms with Crippen molar-refractivity contribution >= 4 is 0 Å². The zero-order valence-corrected chi connectivity index (χ0v) is 6.64. The molecule has 0 spiro atoms. The van der Waals surface area contributed by atoms with Crippen molar-refractivity contribution in [3.8, 4) is 0 Å². The summed E-state index contributed by atoms with van der Waals surface area (Å²) in [6.45, 7) is 0.861. The second-order valence-corrected chi connectivity index (χ2v) is 3.77. The Morgan fingerprint density at radius 3 is 2.30 bits per heavy atom. The number of likely N-dealkylation sites (N-methyl/N-ethyl adjacent to an activating group) is 1. The van der Waals surface area contributed by atoms with Crippen LogP contribution in [-0.2, 0) is 0 Å². The van der Waals surface area contributed by atoms with Crippen LogP contribution in [0.5, 0.6) is 0 Å². The smallest absolute Gasteiger partial charge is 0.0332 e. The summed E-state index contributed by atoms with van der Waals surface area (Å²) in [5, 5.41) is 0. The molecule has 0 aromatic carbocycles. The molecule has 2 N–H and O–H groups in total. The van der Waals surface area contributed by atoms with Crippen LogP contribution in [-0.4, -0.2) is 30.1 Å². The van der Waals surface area contributed by atoms with Gasteiger partial charge in [0.15, 0.2) is 0 Å². The van der Waals surface area contributed by atoms with Crippen LogP contribution in [0, 0.1) is 0 Å². The first-order chi connectivity index (χ1) is 4.78. The number of fused-ring (bicyclic) bond motifs is 2. The highest BCUT2D eigenvalue weighted by Gasteiger charge is 2.48. The van der Waals surface area contributed by atoms with Gasteiger partial charge in [0.1, 0.15) is 0 Å². The molecule has 2 saturated heterocycles.